The lowest BCUT2D eigenvalue weighted by atomic mass is 10.1. The van der Waals surface area contributed by atoms with Crippen molar-refractivity contribution in [2.24, 2.45) is 0 Å². The lowest BCUT2D eigenvalue weighted by molar-refractivity contribution is -0.0163. The Morgan fingerprint density at radius 1 is 1.50 bits per heavy atom. The minimum absolute atomic E-state index is 0.167. The smallest absolute Gasteiger partial charge is 0.0786 e. The molecule has 3 nitrogen and oxygen atoms in total. The summed E-state index contributed by atoms with van der Waals surface area (Å²) in [5.41, 5.74) is -0.346. The van der Waals surface area contributed by atoms with Gasteiger partial charge >= 0.3 is 0 Å². The molecule has 0 bridgehead atoms. The van der Waals surface area contributed by atoms with Crippen LogP contribution in [0.25, 0.3) is 0 Å². The van der Waals surface area contributed by atoms with E-state index >= 15 is 0 Å². The summed E-state index contributed by atoms with van der Waals surface area (Å²) in [6, 6.07) is 0. The van der Waals surface area contributed by atoms with E-state index in [1.807, 2.05) is 6.92 Å². The van der Waals surface area contributed by atoms with Crippen molar-refractivity contribution in [1.29, 1.82) is 0 Å². The second-order valence-corrected chi connectivity index (χ2v) is 4.17. The van der Waals surface area contributed by atoms with E-state index in [0.29, 0.717) is 6.61 Å². The fourth-order valence-corrected chi connectivity index (χ4v) is 2.67. The molecule has 1 aliphatic carbocycles. The molecule has 4 heteroatoms. The van der Waals surface area contributed by atoms with E-state index in [-0.39, 0.29) is 11.4 Å². The fraction of sp³-hybridized carbons (Fsp3) is 1.00. The maximum absolute atomic E-state index is 10.6. The van der Waals surface area contributed by atoms with Crippen molar-refractivity contribution >= 4 is 11.1 Å². The minimum atomic E-state index is -1.97. The van der Waals surface area contributed by atoms with Crippen molar-refractivity contribution in [3.05, 3.63) is 0 Å². The van der Waals surface area contributed by atoms with E-state index < -0.39 is 11.1 Å². The zero-order valence-corrected chi connectivity index (χ0v) is 8.19. The van der Waals surface area contributed by atoms with Crippen molar-refractivity contribution in [1.82, 2.24) is 0 Å². The summed E-state index contributed by atoms with van der Waals surface area (Å²) < 4.78 is 26.6. The summed E-state index contributed by atoms with van der Waals surface area (Å²) in [6.45, 7) is 2.52. The van der Waals surface area contributed by atoms with Gasteiger partial charge in [0.25, 0.3) is 0 Å². The highest BCUT2D eigenvalue weighted by Crippen LogP contribution is 2.33. The summed E-state index contributed by atoms with van der Waals surface area (Å²) in [5.74, 6) is 0.167. The van der Waals surface area contributed by atoms with E-state index in [1.165, 1.54) is 0 Å². The van der Waals surface area contributed by atoms with Crippen LogP contribution in [0.4, 0.5) is 0 Å². The second-order valence-electron chi connectivity index (χ2n) is 3.27. The van der Waals surface area contributed by atoms with Gasteiger partial charge in [0.2, 0.25) is 0 Å². The van der Waals surface area contributed by atoms with Gasteiger partial charge in [0.15, 0.2) is 0 Å². The molecule has 72 valence electrons. The summed E-state index contributed by atoms with van der Waals surface area (Å²) in [5, 5.41) is 0. The fourth-order valence-electron chi connectivity index (χ4n) is 1.87. The van der Waals surface area contributed by atoms with Crippen molar-refractivity contribution < 1.29 is 13.5 Å². The molecule has 0 aromatic heterocycles. The molecule has 12 heavy (non-hydrogen) atoms. The highest BCUT2D eigenvalue weighted by atomic mass is 32.2. The number of rotatable bonds is 4. The number of hydrogen-bond acceptors (Lipinski definition) is 3. The van der Waals surface area contributed by atoms with Crippen LogP contribution in [-0.2, 0) is 15.8 Å². The highest BCUT2D eigenvalue weighted by Gasteiger charge is 2.34. The Bertz CT molecular complexity index is 164. The van der Waals surface area contributed by atoms with Crippen LogP contribution in [0.15, 0.2) is 0 Å². The third kappa shape index (κ3) is 2.54. The molecule has 0 N–H and O–H groups in total. The molecule has 1 fully saturated rings. The molecule has 1 atom stereocenters. The van der Waals surface area contributed by atoms with Gasteiger partial charge in [0, 0.05) is 12.4 Å². The van der Waals surface area contributed by atoms with Crippen LogP contribution in [0.5, 0.6) is 0 Å². The van der Waals surface area contributed by atoms with Crippen LogP contribution in [0.2, 0.25) is 0 Å². The first-order valence-electron chi connectivity index (χ1n) is 4.38. The van der Waals surface area contributed by atoms with Crippen LogP contribution >= 0.6 is 0 Å². The van der Waals surface area contributed by atoms with Crippen LogP contribution in [0, 0.1) is 0 Å². The summed E-state index contributed by atoms with van der Waals surface area (Å²) >= 11 is -1.97. The summed E-state index contributed by atoms with van der Waals surface area (Å²) in [6.07, 6.45) is 3.98. The topological polar surface area (TPSA) is 49.4 Å². The van der Waals surface area contributed by atoms with Crippen LogP contribution in [0.3, 0.4) is 0 Å². The molecule has 0 radical (unpaired) electrons. The van der Waals surface area contributed by atoms with Crippen LogP contribution in [-0.4, -0.2) is 26.7 Å². The Morgan fingerprint density at radius 3 is 2.50 bits per heavy atom. The molecule has 0 saturated heterocycles. The SMILES string of the molecule is CCOC1(CS(=O)[O-])CCCC1. The Balaban J connectivity index is 2.52. The first-order chi connectivity index (χ1) is 5.68. The average molecular weight is 191 g/mol. The van der Waals surface area contributed by atoms with E-state index in [0.717, 1.165) is 25.7 Å². The molecule has 0 aromatic rings. The molecular formula is C8H15O3S-. The normalized spacial score (nSPS) is 24.2. The van der Waals surface area contributed by atoms with Gasteiger partial charge in [-0.05, 0) is 19.8 Å². The molecule has 0 aliphatic heterocycles. The minimum Gasteiger partial charge on any atom is -0.772 e. The number of hydrogen-bond donors (Lipinski definition) is 0. The molecule has 1 saturated carbocycles. The zero-order valence-electron chi connectivity index (χ0n) is 7.38. The van der Waals surface area contributed by atoms with Gasteiger partial charge in [0.1, 0.15) is 0 Å². The predicted octanol–water partition coefficient (Wildman–Crippen LogP) is 1.21. The van der Waals surface area contributed by atoms with Gasteiger partial charge in [-0.3, -0.25) is 4.21 Å². The Hall–Kier alpha value is 0.0700. The molecular weight excluding hydrogens is 176 g/mol. The lowest BCUT2D eigenvalue weighted by Gasteiger charge is -2.29. The van der Waals surface area contributed by atoms with Gasteiger partial charge in [0.05, 0.1) is 5.60 Å². The standard InChI is InChI=1S/C8H16O3S/c1-2-11-8(7-12(9)10)5-3-4-6-8/h2-7H2,1H3,(H,9,10)/p-1. The van der Waals surface area contributed by atoms with E-state index in [9.17, 15) is 8.76 Å². The quantitative estimate of drug-likeness (QED) is 0.628. The van der Waals surface area contributed by atoms with E-state index in [4.69, 9.17) is 4.74 Å². The molecule has 0 aromatic carbocycles. The average Bonchev–Trinajstić information content (AvgIpc) is 2.36. The van der Waals surface area contributed by atoms with Crippen molar-refractivity contribution in [3.63, 3.8) is 0 Å². The zero-order chi connectivity index (χ0) is 9.03. The number of ether oxygens (including phenoxy) is 1. The monoisotopic (exact) mass is 191 g/mol. The van der Waals surface area contributed by atoms with Gasteiger partial charge in [-0.15, -0.1) is 0 Å². The first-order valence-corrected chi connectivity index (χ1v) is 5.63. The van der Waals surface area contributed by atoms with Gasteiger partial charge in [-0.1, -0.05) is 23.9 Å². The molecule has 0 amide bonds. The Labute approximate surface area is 75.8 Å². The van der Waals surface area contributed by atoms with Crippen LogP contribution in [0.1, 0.15) is 32.6 Å². The van der Waals surface area contributed by atoms with Crippen LogP contribution < -0.4 is 0 Å². The third-order valence-electron chi connectivity index (χ3n) is 2.35. The lowest BCUT2D eigenvalue weighted by Crippen LogP contribution is -2.35. The maximum atomic E-state index is 10.6. The van der Waals surface area contributed by atoms with Crippen molar-refractivity contribution in [2.75, 3.05) is 12.4 Å². The Morgan fingerprint density at radius 2 is 2.08 bits per heavy atom. The maximum Gasteiger partial charge on any atom is 0.0786 e. The summed E-state index contributed by atoms with van der Waals surface area (Å²) in [7, 11) is 0. The highest BCUT2D eigenvalue weighted by molar-refractivity contribution is 7.79. The predicted molar refractivity (Wildman–Crippen MR) is 46.6 cm³/mol. The van der Waals surface area contributed by atoms with Crippen molar-refractivity contribution in [3.8, 4) is 0 Å². The molecule has 0 spiro atoms. The molecule has 0 heterocycles. The molecule has 1 unspecified atom stereocenters. The largest absolute Gasteiger partial charge is 0.772 e. The first kappa shape index (κ1) is 10.2. The second kappa shape index (κ2) is 4.35. The molecule has 1 rings (SSSR count). The van der Waals surface area contributed by atoms with E-state index in [2.05, 4.69) is 0 Å². The van der Waals surface area contributed by atoms with Gasteiger partial charge < -0.3 is 9.29 Å². The molecule has 1 aliphatic rings. The summed E-state index contributed by atoms with van der Waals surface area (Å²) in [4.78, 5) is 0. The Kier molecular flexibility index (Phi) is 3.68. The van der Waals surface area contributed by atoms with Gasteiger partial charge in [-0.2, -0.15) is 0 Å². The third-order valence-corrected chi connectivity index (χ3v) is 3.11. The van der Waals surface area contributed by atoms with E-state index in [1.54, 1.807) is 0 Å². The van der Waals surface area contributed by atoms with Gasteiger partial charge in [-0.25, -0.2) is 0 Å². The van der Waals surface area contributed by atoms with Crippen molar-refractivity contribution in [2.45, 2.75) is 38.2 Å².